The minimum absolute atomic E-state index is 0.0509. The van der Waals surface area contributed by atoms with Gasteiger partial charge in [0.15, 0.2) is 11.5 Å². The van der Waals surface area contributed by atoms with Gasteiger partial charge in [-0.05, 0) is 61.2 Å². The molecule has 3 aromatic carbocycles. The Morgan fingerprint density at radius 1 is 1.00 bits per heavy atom. The molecular weight excluding hydrogens is 631 g/mol. The highest BCUT2D eigenvalue weighted by Gasteiger charge is 2.36. The Labute approximate surface area is 286 Å². The van der Waals surface area contributed by atoms with Gasteiger partial charge in [0.25, 0.3) is 5.91 Å². The summed E-state index contributed by atoms with van der Waals surface area (Å²) in [5.74, 6) is 1.22. The monoisotopic (exact) mass is 675 g/mol. The number of rotatable bonds is 13. The minimum Gasteiger partial charge on any atom is -0.493 e. The lowest BCUT2D eigenvalue weighted by molar-refractivity contribution is -0.0948. The van der Waals surface area contributed by atoms with E-state index in [0.29, 0.717) is 36.4 Å². The molecule has 0 aliphatic carbocycles. The van der Waals surface area contributed by atoms with Crippen molar-refractivity contribution in [1.29, 1.82) is 0 Å². The molecule has 2 heterocycles. The number of piperazine rings is 1. The molecule has 2 aliphatic rings. The second-order valence-corrected chi connectivity index (χ2v) is 12.2. The number of fused-ring (bicyclic) bond motifs is 1. The summed E-state index contributed by atoms with van der Waals surface area (Å²) >= 11 is 0. The molecule has 5 rings (SSSR count). The molecule has 1 saturated heterocycles. The number of amides is 1. The van der Waals surface area contributed by atoms with Gasteiger partial charge in [-0.1, -0.05) is 55.1 Å². The van der Waals surface area contributed by atoms with Crippen molar-refractivity contribution in [2.24, 2.45) is 4.99 Å². The highest BCUT2D eigenvalue weighted by molar-refractivity contribution is 6.00. The van der Waals surface area contributed by atoms with Crippen LogP contribution in [0.1, 0.15) is 52.9 Å². The number of hydrogen-bond donors (Lipinski definition) is 1. The van der Waals surface area contributed by atoms with Crippen LogP contribution in [0.25, 0.3) is 0 Å². The largest absolute Gasteiger partial charge is 0.493 e. The van der Waals surface area contributed by atoms with E-state index in [-0.39, 0.29) is 24.3 Å². The van der Waals surface area contributed by atoms with Crippen molar-refractivity contribution < 1.29 is 27.4 Å². The Morgan fingerprint density at radius 2 is 1.73 bits per heavy atom. The van der Waals surface area contributed by atoms with Crippen LogP contribution in [-0.2, 0) is 13.1 Å². The minimum atomic E-state index is -4.55. The van der Waals surface area contributed by atoms with Gasteiger partial charge in [-0.25, -0.2) is 0 Å². The smallest absolute Gasteiger partial charge is 0.431 e. The van der Waals surface area contributed by atoms with Crippen LogP contribution in [0.15, 0.2) is 96.2 Å². The van der Waals surface area contributed by atoms with Crippen LogP contribution < -0.4 is 19.7 Å². The summed E-state index contributed by atoms with van der Waals surface area (Å²) in [7, 11) is 3.14. The second kappa shape index (κ2) is 16.1. The number of ether oxygens (including phenoxy) is 2. The van der Waals surface area contributed by atoms with Crippen molar-refractivity contribution in [3.05, 3.63) is 113 Å². The molecule has 1 N–H and O–H groups in total. The zero-order valence-corrected chi connectivity index (χ0v) is 28.3. The van der Waals surface area contributed by atoms with Gasteiger partial charge in [-0.3, -0.25) is 14.7 Å². The number of benzene rings is 3. The van der Waals surface area contributed by atoms with Gasteiger partial charge in [0.1, 0.15) is 5.70 Å². The van der Waals surface area contributed by atoms with Crippen LogP contribution in [0.2, 0.25) is 0 Å². The number of nitrogens with one attached hydrogen (secondary N) is 1. The van der Waals surface area contributed by atoms with Crippen molar-refractivity contribution in [2.45, 2.75) is 45.1 Å². The number of methoxy groups -OCH3 is 2. The van der Waals surface area contributed by atoms with Crippen molar-refractivity contribution in [3.8, 4) is 11.5 Å². The van der Waals surface area contributed by atoms with Gasteiger partial charge >= 0.3 is 6.18 Å². The number of allylic oxidation sites excluding steroid dienone is 3. The van der Waals surface area contributed by atoms with Crippen molar-refractivity contribution in [3.63, 3.8) is 0 Å². The molecule has 8 nitrogen and oxygen atoms in total. The fraction of sp³-hybridized carbons (Fsp3) is 0.368. The molecule has 0 unspecified atom stereocenters. The number of hydrogen-bond acceptors (Lipinski definition) is 6. The lowest BCUT2D eigenvalue weighted by Crippen LogP contribution is -2.46. The third kappa shape index (κ3) is 8.64. The lowest BCUT2D eigenvalue weighted by atomic mass is 9.99. The molecule has 0 saturated carbocycles. The third-order valence-corrected chi connectivity index (χ3v) is 8.99. The van der Waals surface area contributed by atoms with Gasteiger partial charge in [0.2, 0.25) is 0 Å². The summed E-state index contributed by atoms with van der Waals surface area (Å²) in [5.41, 5.74) is 4.04. The molecule has 2 aliphatic heterocycles. The second-order valence-electron chi connectivity index (χ2n) is 12.2. The van der Waals surface area contributed by atoms with Gasteiger partial charge in [-0.15, -0.1) is 0 Å². The Bertz CT molecular complexity index is 1670. The number of carbonyl (C=O) groups excluding carboxylic acids is 1. The fourth-order valence-corrected chi connectivity index (χ4v) is 6.53. The maximum Gasteiger partial charge on any atom is 0.431 e. The van der Waals surface area contributed by atoms with Crippen molar-refractivity contribution in [2.75, 3.05) is 51.8 Å². The summed E-state index contributed by atoms with van der Waals surface area (Å²) in [6, 6.07) is 21.7. The molecule has 0 aromatic heterocycles. The number of aliphatic imine (C=N–C) groups is 1. The average Bonchev–Trinajstić information content (AvgIpc) is 3.44. The summed E-state index contributed by atoms with van der Waals surface area (Å²) in [6.45, 7) is 10.1. The zero-order valence-electron chi connectivity index (χ0n) is 28.3. The molecule has 3 aromatic rings. The van der Waals surface area contributed by atoms with Crippen molar-refractivity contribution >= 4 is 17.4 Å². The van der Waals surface area contributed by atoms with Gasteiger partial charge in [0, 0.05) is 62.6 Å². The van der Waals surface area contributed by atoms with Crippen LogP contribution in [0, 0.1) is 0 Å². The molecule has 0 radical (unpaired) electrons. The van der Waals surface area contributed by atoms with Crippen LogP contribution in [0.5, 0.6) is 11.5 Å². The lowest BCUT2D eigenvalue weighted by Gasteiger charge is -2.37. The van der Waals surface area contributed by atoms with E-state index in [9.17, 15) is 18.0 Å². The van der Waals surface area contributed by atoms with Crippen molar-refractivity contribution in [1.82, 2.24) is 15.1 Å². The fourth-order valence-electron chi connectivity index (χ4n) is 6.53. The molecule has 49 heavy (non-hydrogen) atoms. The first kappa shape index (κ1) is 35.5. The van der Waals surface area contributed by atoms with Gasteiger partial charge in [0.05, 0.1) is 26.1 Å². The molecule has 1 amide bonds. The number of alkyl halides is 3. The van der Waals surface area contributed by atoms with E-state index >= 15 is 0 Å². The summed E-state index contributed by atoms with van der Waals surface area (Å²) in [6.07, 6.45) is -1.53. The first-order chi connectivity index (χ1) is 23.6. The third-order valence-electron chi connectivity index (χ3n) is 8.99. The molecular formula is C38H44F3N5O3. The van der Waals surface area contributed by atoms with E-state index in [1.54, 1.807) is 14.2 Å². The Hall–Kier alpha value is -4.77. The molecule has 260 valence electrons. The Kier molecular flexibility index (Phi) is 11.7. The standard InChI is InChI=1S/C38H44F3N5O3/c1-5-11-36(38(39,40)41)43-27(2)42-19-10-16-32(29-17-18-34(48-3)35(24-29)49-4)46-26-31-30(37(46)47)14-9-15-33(31)45-22-20-44(21-23-45)25-28-12-7-6-8-13-28/h5-9,11-15,17-18,24,32H,1,10,16,19-23,25-26H2,2-4H3,(H,42,43)/b36-11-/t32-/m1/s1. The van der Waals surface area contributed by atoms with E-state index in [2.05, 4.69) is 57.0 Å². The van der Waals surface area contributed by atoms with Gasteiger partial charge < -0.3 is 24.6 Å². The van der Waals surface area contributed by atoms with E-state index in [1.807, 2.05) is 41.3 Å². The van der Waals surface area contributed by atoms with Crippen LogP contribution >= 0.6 is 0 Å². The number of carbonyl (C=O) groups is 1. The van der Waals surface area contributed by atoms with E-state index < -0.39 is 11.9 Å². The first-order valence-electron chi connectivity index (χ1n) is 16.5. The Balaban J connectivity index is 1.33. The summed E-state index contributed by atoms with van der Waals surface area (Å²) < 4.78 is 51.1. The van der Waals surface area contributed by atoms with Crippen LogP contribution in [0.4, 0.5) is 18.9 Å². The normalized spacial score (nSPS) is 16.4. The van der Waals surface area contributed by atoms with Crippen LogP contribution in [0.3, 0.4) is 0 Å². The average molecular weight is 676 g/mol. The Morgan fingerprint density at radius 3 is 2.41 bits per heavy atom. The number of amidine groups is 1. The van der Waals surface area contributed by atoms with Crippen LogP contribution in [-0.4, -0.2) is 74.7 Å². The highest BCUT2D eigenvalue weighted by atomic mass is 19.4. The SMILES string of the molecule is C=C/C=C(\NC(C)=NCCC[C@H](c1ccc(OC)c(OC)c1)N1Cc2c(cccc2N2CCN(Cc3ccccc3)CC2)C1=O)C(F)(F)F. The number of halogens is 3. The molecule has 1 atom stereocenters. The van der Waals surface area contributed by atoms with Gasteiger partial charge in [-0.2, -0.15) is 13.2 Å². The molecule has 0 spiro atoms. The summed E-state index contributed by atoms with van der Waals surface area (Å²) in [4.78, 5) is 25.2. The highest BCUT2D eigenvalue weighted by Crippen LogP contribution is 2.40. The first-order valence-corrected chi connectivity index (χ1v) is 16.5. The predicted octanol–water partition coefficient (Wildman–Crippen LogP) is 7.14. The topological polar surface area (TPSA) is 69.6 Å². The summed E-state index contributed by atoms with van der Waals surface area (Å²) in [5, 5.41) is 2.34. The van der Waals surface area contributed by atoms with E-state index in [4.69, 9.17) is 9.47 Å². The maximum absolute atomic E-state index is 14.1. The maximum atomic E-state index is 14.1. The number of nitrogens with zero attached hydrogens (tertiary/aromatic N) is 4. The predicted molar refractivity (Wildman–Crippen MR) is 187 cm³/mol. The quantitative estimate of drug-likeness (QED) is 0.0899. The molecule has 11 heteroatoms. The molecule has 1 fully saturated rings. The molecule has 0 bridgehead atoms. The van der Waals surface area contributed by atoms with E-state index in [1.165, 1.54) is 12.5 Å². The number of anilines is 1. The van der Waals surface area contributed by atoms with E-state index in [0.717, 1.165) is 61.7 Å². The zero-order chi connectivity index (χ0) is 35.0.